The fraction of sp³-hybridized carbons (Fsp3) is 0.889. The van der Waals surface area contributed by atoms with Gasteiger partial charge < -0.3 is 5.11 Å². The van der Waals surface area contributed by atoms with Crippen LogP contribution in [0, 0.1) is 5.41 Å². The maximum atomic E-state index is 11.4. The zero-order valence-corrected chi connectivity index (χ0v) is 7.26. The molecule has 1 aliphatic rings. The summed E-state index contributed by atoms with van der Waals surface area (Å²) in [6.45, 7) is 3.68. The van der Waals surface area contributed by atoms with Crippen molar-refractivity contribution in [2.24, 2.45) is 5.41 Å². The Hall–Kier alpha value is -0.370. The van der Waals surface area contributed by atoms with Crippen LogP contribution in [0.25, 0.3) is 0 Å². The molecule has 1 saturated carbocycles. The minimum atomic E-state index is -0.503. The third-order valence-electron chi connectivity index (χ3n) is 2.68. The highest BCUT2D eigenvalue weighted by atomic mass is 16.3. The van der Waals surface area contributed by atoms with Gasteiger partial charge in [0.05, 0.1) is 6.10 Å². The molecule has 0 aromatic rings. The van der Waals surface area contributed by atoms with E-state index in [1.54, 1.807) is 0 Å². The van der Waals surface area contributed by atoms with Gasteiger partial charge in [-0.3, -0.25) is 4.79 Å². The van der Waals surface area contributed by atoms with Gasteiger partial charge in [0, 0.05) is 11.8 Å². The molecule has 1 fully saturated rings. The number of carbonyl (C=O) groups is 1. The average molecular weight is 156 g/mol. The standard InChI is InChI=1S/C9H16O2/c1-9(2)7(10)5-3-4-6-8(9)11/h7,10H,3-6H2,1-2H3/t7-/m1/s1. The number of ketones is 1. The van der Waals surface area contributed by atoms with Crippen LogP contribution in [0.4, 0.5) is 0 Å². The first kappa shape index (κ1) is 8.72. The highest BCUT2D eigenvalue weighted by Crippen LogP contribution is 2.30. The average Bonchev–Trinajstić information content (AvgIpc) is 2.03. The fourth-order valence-corrected chi connectivity index (χ4v) is 1.49. The van der Waals surface area contributed by atoms with Crippen molar-refractivity contribution in [3.63, 3.8) is 0 Å². The van der Waals surface area contributed by atoms with E-state index >= 15 is 0 Å². The van der Waals surface area contributed by atoms with Gasteiger partial charge in [-0.15, -0.1) is 0 Å². The van der Waals surface area contributed by atoms with E-state index in [1.165, 1.54) is 0 Å². The van der Waals surface area contributed by atoms with Crippen LogP contribution >= 0.6 is 0 Å². The molecule has 0 saturated heterocycles. The Morgan fingerprint density at radius 3 is 2.73 bits per heavy atom. The van der Waals surface area contributed by atoms with E-state index in [1.807, 2.05) is 13.8 Å². The highest BCUT2D eigenvalue weighted by molar-refractivity contribution is 5.84. The van der Waals surface area contributed by atoms with Crippen LogP contribution in [0.15, 0.2) is 0 Å². The molecule has 1 N–H and O–H groups in total. The molecule has 1 atom stereocenters. The lowest BCUT2D eigenvalue weighted by Crippen LogP contribution is -2.35. The molecule has 0 aromatic carbocycles. The van der Waals surface area contributed by atoms with Gasteiger partial charge in [-0.05, 0) is 12.8 Å². The molecule has 1 rings (SSSR count). The maximum absolute atomic E-state index is 11.4. The normalized spacial score (nSPS) is 31.5. The Morgan fingerprint density at radius 2 is 2.09 bits per heavy atom. The van der Waals surface area contributed by atoms with Gasteiger partial charge in [-0.1, -0.05) is 20.3 Å². The van der Waals surface area contributed by atoms with Crippen molar-refractivity contribution >= 4 is 5.78 Å². The van der Waals surface area contributed by atoms with Crippen LogP contribution in [0.2, 0.25) is 0 Å². The molecule has 0 aromatic heterocycles. The minimum absolute atomic E-state index is 0.211. The molecule has 1 aliphatic carbocycles. The van der Waals surface area contributed by atoms with Crippen molar-refractivity contribution in [1.29, 1.82) is 0 Å². The lowest BCUT2D eigenvalue weighted by atomic mass is 9.81. The predicted octanol–water partition coefficient (Wildman–Crippen LogP) is 1.52. The number of hydrogen-bond donors (Lipinski definition) is 1. The molecule has 11 heavy (non-hydrogen) atoms. The summed E-state index contributed by atoms with van der Waals surface area (Å²) < 4.78 is 0. The molecule has 2 nitrogen and oxygen atoms in total. The number of aliphatic hydroxyl groups excluding tert-OH is 1. The summed E-state index contributed by atoms with van der Waals surface area (Å²) in [4.78, 5) is 11.4. The van der Waals surface area contributed by atoms with Crippen LogP contribution < -0.4 is 0 Å². The number of Topliss-reactive ketones (excluding diaryl/α,β-unsaturated/α-hetero) is 1. The van der Waals surface area contributed by atoms with E-state index < -0.39 is 11.5 Å². The molecule has 0 heterocycles. The number of aliphatic hydroxyl groups is 1. The van der Waals surface area contributed by atoms with Gasteiger partial charge in [-0.25, -0.2) is 0 Å². The summed E-state index contributed by atoms with van der Waals surface area (Å²) >= 11 is 0. The molecular formula is C9H16O2. The second-order valence-corrected chi connectivity index (χ2v) is 3.91. The topological polar surface area (TPSA) is 37.3 Å². The van der Waals surface area contributed by atoms with E-state index in [-0.39, 0.29) is 5.78 Å². The summed E-state index contributed by atoms with van der Waals surface area (Å²) in [6.07, 6.45) is 2.91. The largest absolute Gasteiger partial charge is 0.392 e. The fourth-order valence-electron chi connectivity index (χ4n) is 1.49. The number of carbonyl (C=O) groups excluding carboxylic acids is 1. The van der Waals surface area contributed by atoms with Crippen molar-refractivity contribution < 1.29 is 9.90 Å². The smallest absolute Gasteiger partial charge is 0.141 e. The first-order chi connectivity index (χ1) is 5.05. The second-order valence-electron chi connectivity index (χ2n) is 3.91. The zero-order valence-electron chi connectivity index (χ0n) is 7.26. The lowest BCUT2D eigenvalue weighted by Gasteiger charge is -2.26. The van der Waals surface area contributed by atoms with Crippen LogP contribution in [-0.2, 0) is 4.79 Å². The van der Waals surface area contributed by atoms with E-state index in [0.717, 1.165) is 19.3 Å². The van der Waals surface area contributed by atoms with Crippen molar-refractivity contribution in [1.82, 2.24) is 0 Å². The Morgan fingerprint density at radius 1 is 1.45 bits per heavy atom. The van der Waals surface area contributed by atoms with Crippen LogP contribution in [-0.4, -0.2) is 17.0 Å². The van der Waals surface area contributed by atoms with Gasteiger partial charge in [0.1, 0.15) is 5.78 Å². The maximum Gasteiger partial charge on any atom is 0.141 e. The summed E-state index contributed by atoms with van der Waals surface area (Å²) in [6, 6.07) is 0. The van der Waals surface area contributed by atoms with Gasteiger partial charge >= 0.3 is 0 Å². The molecule has 0 bridgehead atoms. The van der Waals surface area contributed by atoms with Crippen LogP contribution in [0.1, 0.15) is 39.5 Å². The summed E-state index contributed by atoms with van der Waals surface area (Å²) in [5.74, 6) is 0.211. The second kappa shape index (κ2) is 2.94. The van der Waals surface area contributed by atoms with E-state index in [2.05, 4.69) is 0 Å². The molecule has 0 amide bonds. The van der Waals surface area contributed by atoms with Gasteiger partial charge in [0.25, 0.3) is 0 Å². The molecule has 0 spiro atoms. The third kappa shape index (κ3) is 1.62. The van der Waals surface area contributed by atoms with Gasteiger partial charge in [-0.2, -0.15) is 0 Å². The zero-order chi connectivity index (χ0) is 8.48. The first-order valence-electron chi connectivity index (χ1n) is 4.26. The third-order valence-corrected chi connectivity index (χ3v) is 2.68. The predicted molar refractivity (Wildman–Crippen MR) is 43.3 cm³/mol. The Labute approximate surface area is 67.6 Å². The molecular weight excluding hydrogens is 140 g/mol. The molecule has 2 heteroatoms. The Balaban J connectivity index is 2.76. The van der Waals surface area contributed by atoms with Crippen LogP contribution in [0.5, 0.6) is 0 Å². The van der Waals surface area contributed by atoms with Crippen molar-refractivity contribution in [2.75, 3.05) is 0 Å². The van der Waals surface area contributed by atoms with E-state index in [0.29, 0.717) is 6.42 Å². The molecule has 0 unspecified atom stereocenters. The van der Waals surface area contributed by atoms with E-state index in [9.17, 15) is 9.90 Å². The van der Waals surface area contributed by atoms with Crippen LogP contribution in [0.3, 0.4) is 0 Å². The quantitative estimate of drug-likeness (QED) is 0.540. The summed E-state index contributed by atoms with van der Waals surface area (Å²) in [5.41, 5.74) is -0.503. The number of rotatable bonds is 0. The monoisotopic (exact) mass is 156 g/mol. The molecule has 64 valence electrons. The minimum Gasteiger partial charge on any atom is -0.392 e. The van der Waals surface area contributed by atoms with Crippen molar-refractivity contribution in [2.45, 2.75) is 45.6 Å². The summed E-state index contributed by atoms with van der Waals surface area (Å²) in [7, 11) is 0. The van der Waals surface area contributed by atoms with Crippen molar-refractivity contribution in [3.8, 4) is 0 Å². The molecule has 0 aliphatic heterocycles. The Bertz CT molecular complexity index is 161. The van der Waals surface area contributed by atoms with Gasteiger partial charge in [0.2, 0.25) is 0 Å². The van der Waals surface area contributed by atoms with Gasteiger partial charge in [0.15, 0.2) is 0 Å². The Kier molecular flexibility index (Phi) is 2.33. The summed E-state index contributed by atoms with van der Waals surface area (Å²) in [5, 5.41) is 9.57. The first-order valence-corrected chi connectivity index (χ1v) is 4.26. The van der Waals surface area contributed by atoms with Crippen molar-refractivity contribution in [3.05, 3.63) is 0 Å². The SMILES string of the molecule is CC1(C)C(=O)CCCC[C@H]1O. The van der Waals surface area contributed by atoms with E-state index in [4.69, 9.17) is 0 Å². The highest BCUT2D eigenvalue weighted by Gasteiger charge is 2.36. The number of hydrogen-bond acceptors (Lipinski definition) is 2. The molecule has 0 radical (unpaired) electrons. The lowest BCUT2D eigenvalue weighted by molar-refractivity contribution is -0.132.